The lowest BCUT2D eigenvalue weighted by atomic mass is 9.89. The first-order valence-electron chi connectivity index (χ1n) is 11.8. The van der Waals surface area contributed by atoms with Gasteiger partial charge < -0.3 is 20.9 Å². The van der Waals surface area contributed by atoms with Gasteiger partial charge in [-0.3, -0.25) is 9.69 Å². The van der Waals surface area contributed by atoms with E-state index in [2.05, 4.69) is 20.4 Å². The summed E-state index contributed by atoms with van der Waals surface area (Å²) in [5, 5.41) is 16.9. The van der Waals surface area contributed by atoms with Crippen molar-refractivity contribution in [2.75, 3.05) is 32.5 Å². The maximum absolute atomic E-state index is 14.8. The second-order valence-corrected chi connectivity index (χ2v) is 10.3. The number of nitrogen functional groups attached to an aromatic ring is 1. The van der Waals surface area contributed by atoms with Crippen molar-refractivity contribution in [1.82, 2.24) is 29.8 Å². The molecule has 0 bridgehead atoms. The molecule has 10 nitrogen and oxygen atoms in total. The number of amides is 1. The van der Waals surface area contributed by atoms with Crippen LogP contribution in [-0.2, 0) is 6.18 Å². The van der Waals surface area contributed by atoms with Gasteiger partial charge in [0.05, 0.1) is 30.5 Å². The fourth-order valence-electron chi connectivity index (χ4n) is 4.30. The van der Waals surface area contributed by atoms with Gasteiger partial charge in [-0.1, -0.05) is 20.8 Å². The van der Waals surface area contributed by atoms with E-state index in [1.807, 2.05) is 20.8 Å². The van der Waals surface area contributed by atoms with Crippen molar-refractivity contribution in [2.24, 2.45) is 5.41 Å². The van der Waals surface area contributed by atoms with Gasteiger partial charge in [0.1, 0.15) is 23.6 Å². The number of ether oxygens (including phenoxy) is 1. The number of fused-ring (bicyclic) bond motifs is 1. The van der Waals surface area contributed by atoms with Gasteiger partial charge in [0, 0.05) is 31.4 Å². The third kappa shape index (κ3) is 5.36. The lowest BCUT2D eigenvalue weighted by molar-refractivity contribution is -0.136. The number of carbonyl (C=O) groups excluding carboxylic acids is 1. The maximum atomic E-state index is 14.8. The highest BCUT2D eigenvalue weighted by molar-refractivity contribution is 5.98. The third-order valence-electron chi connectivity index (χ3n) is 6.54. The molecule has 1 saturated heterocycles. The van der Waals surface area contributed by atoms with Gasteiger partial charge in [-0.2, -0.15) is 18.3 Å². The SMILES string of the molecule is COc1ncc(-c2cc(C(F)(F)F)c3c(N)ncnn23)cc1C(=O)N[C@@H]1CN(CC(O)C(C)(C)C)C[C@@H]1F. The molecule has 1 aliphatic heterocycles. The number of likely N-dealkylation sites (tertiary alicyclic amines) is 1. The van der Waals surface area contributed by atoms with Crippen molar-refractivity contribution in [2.45, 2.75) is 45.3 Å². The first-order valence-corrected chi connectivity index (χ1v) is 11.8. The first kappa shape index (κ1) is 27.5. The van der Waals surface area contributed by atoms with Crippen molar-refractivity contribution in [1.29, 1.82) is 0 Å². The molecule has 4 heterocycles. The fraction of sp³-hybridized carbons (Fsp3) is 0.500. The molecule has 0 radical (unpaired) electrons. The Bertz CT molecular complexity index is 1340. The van der Waals surface area contributed by atoms with E-state index < -0.39 is 46.9 Å². The van der Waals surface area contributed by atoms with Crippen molar-refractivity contribution >= 4 is 17.2 Å². The van der Waals surface area contributed by atoms with Crippen molar-refractivity contribution in [3.63, 3.8) is 0 Å². The number of hydrogen-bond donors (Lipinski definition) is 3. The number of nitrogens with two attached hydrogens (primary N) is 1. The van der Waals surface area contributed by atoms with E-state index in [4.69, 9.17) is 10.5 Å². The van der Waals surface area contributed by atoms with Gasteiger partial charge in [-0.15, -0.1) is 0 Å². The van der Waals surface area contributed by atoms with Crippen LogP contribution >= 0.6 is 0 Å². The fourth-order valence-corrected chi connectivity index (χ4v) is 4.30. The van der Waals surface area contributed by atoms with Gasteiger partial charge in [0.15, 0.2) is 5.82 Å². The summed E-state index contributed by atoms with van der Waals surface area (Å²) in [5.74, 6) is -1.17. The molecule has 0 aliphatic carbocycles. The predicted octanol–water partition coefficient (Wildman–Crippen LogP) is 2.56. The summed E-state index contributed by atoms with van der Waals surface area (Å²) < 4.78 is 62.1. The zero-order valence-corrected chi connectivity index (χ0v) is 21.3. The number of nitrogens with one attached hydrogen (secondary N) is 1. The summed E-state index contributed by atoms with van der Waals surface area (Å²) in [6, 6.07) is 1.27. The second-order valence-electron chi connectivity index (χ2n) is 10.3. The number of pyridine rings is 1. The van der Waals surface area contributed by atoms with Crippen molar-refractivity contribution in [3.05, 3.63) is 35.8 Å². The van der Waals surface area contributed by atoms with Crippen molar-refractivity contribution in [3.8, 4) is 17.1 Å². The molecule has 1 aliphatic rings. The lowest BCUT2D eigenvalue weighted by Gasteiger charge is -2.29. The Balaban J connectivity index is 1.63. The smallest absolute Gasteiger partial charge is 0.418 e. The Morgan fingerprint density at radius 2 is 1.97 bits per heavy atom. The Labute approximate surface area is 215 Å². The van der Waals surface area contributed by atoms with Gasteiger partial charge in [0.2, 0.25) is 5.88 Å². The minimum atomic E-state index is -4.74. The zero-order valence-electron chi connectivity index (χ0n) is 21.3. The average molecular weight is 540 g/mol. The van der Waals surface area contributed by atoms with Crippen LogP contribution in [-0.4, -0.2) is 80.6 Å². The number of nitrogens with zero attached hydrogens (tertiary/aromatic N) is 5. The number of anilines is 1. The van der Waals surface area contributed by atoms with E-state index in [1.54, 1.807) is 4.90 Å². The van der Waals surface area contributed by atoms with Crippen LogP contribution in [0.3, 0.4) is 0 Å². The number of aliphatic hydroxyl groups excluding tert-OH is 1. The zero-order chi connectivity index (χ0) is 28.0. The molecular formula is C24H29F4N7O3. The van der Waals surface area contributed by atoms with Gasteiger partial charge >= 0.3 is 6.18 Å². The molecule has 3 aromatic rings. The van der Waals surface area contributed by atoms with Crippen LogP contribution in [0.2, 0.25) is 0 Å². The number of aliphatic hydroxyl groups is 1. The van der Waals surface area contributed by atoms with Crippen LogP contribution in [0, 0.1) is 5.41 Å². The third-order valence-corrected chi connectivity index (χ3v) is 6.54. The maximum Gasteiger partial charge on any atom is 0.418 e. The van der Waals surface area contributed by atoms with E-state index in [9.17, 15) is 27.5 Å². The van der Waals surface area contributed by atoms with Gasteiger partial charge in [-0.25, -0.2) is 18.9 Å². The minimum absolute atomic E-state index is 0.0304. The first-order chi connectivity index (χ1) is 17.7. The number of halogens is 4. The average Bonchev–Trinajstić information content (AvgIpc) is 3.39. The lowest BCUT2D eigenvalue weighted by Crippen LogP contribution is -2.42. The minimum Gasteiger partial charge on any atom is -0.480 e. The molecule has 14 heteroatoms. The number of alkyl halides is 4. The quantitative estimate of drug-likeness (QED) is 0.408. The molecule has 1 unspecified atom stereocenters. The molecule has 38 heavy (non-hydrogen) atoms. The number of hydrogen-bond acceptors (Lipinski definition) is 8. The van der Waals surface area contributed by atoms with E-state index in [0.29, 0.717) is 0 Å². The van der Waals surface area contributed by atoms with Crippen LogP contribution in [0.1, 0.15) is 36.7 Å². The molecule has 3 atom stereocenters. The standard InChI is InChI=1S/C24H29F4N7O3/c1-23(2,3)18(36)10-34-8-15(25)16(9-34)33-21(37)13-5-12(7-30-22(13)38-4)17-6-14(24(26,27)28)19-20(29)31-11-32-35(17)19/h5-7,11,15-16,18,36H,8-10H2,1-4H3,(H,33,37)(H2,29,31,32)/t15-,16+,18?/m0/s1. The van der Waals surface area contributed by atoms with Crippen LogP contribution < -0.4 is 15.8 Å². The van der Waals surface area contributed by atoms with Crippen LogP contribution in [0.15, 0.2) is 24.7 Å². The molecular weight excluding hydrogens is 510 g/mol. The Kier molecular flexibility index (Phi) is 7.23. The predicted molar refractivity (Wildman–Crippen MR) is 130 cm³/mol. The van der Waals surface area contributed by atoms with E-state index >= 15 is 0 Å². The largest absolute Gasteiger partial charge is 0.480 e. The molecule has 4 rings (SSSR count). The molecule has 0 spiro atoms. The molecule has 206 valence electrons. The molecule has 3 aromatic heterocycles. The number of methoxy groups -OCH3 is 1. The molecule has 0 aromatic carbocycles. The normalized spacial score (nSPS) is 19.6. The van der Waals surface area contributed by atoms with E-state index in [-0.39, 0.29) is 48.2 Å². The molecule has 1 amide bonds. The van der Waals surface area contributed by atoms with E-state index in [0.717, 1.165) is 16.9 Å². The highest BCUT2D eigenvalue weighted by atomic mass is 19.4. The summed E-state index contributed by atoms with van der Waals surface area (Å²) in [5.41, 5.74) is 3.84. The Morgan fingerprint density at radius 1 is 1.26 bits per heavy atom. The summed E-state index contributed by atoms with van der Waals surface area (Å²) in [6.45, 7) is 6.06. The van der Waals surface area contributed by atoms with Crippen LogP contribution in [0.5, 0.6) is 5.88 Å². The molecule has 4 N–H and O–H groups in total. The summed E-state index contributed by atoms with van der Waals surface area (Å²) in [7, 11) is 1.28. The van der Waals surface area contributed by atoms with E-state index in [1.165, 1.54) is 19.4 Å². The summed E-state index contributed by atoms with van der Waals surface area (Å²) in [6.07, 6.45) is -4.58. The molecule has 0 saturated carbocycles. The van der Waals surface area contributed by atoms with Crippen molar-refractivity contribution < 1.29 is 32.2 Å². The number of carbonyl (C=O) groups is 1. The number of aromatic nitrogens is 4. The topological polar surface area (TPSA) is 131 Å². The summed E-state index contributed by atoms with van der Waals surface area (Å²) in [4.78, 5) is 22.6. The highest BCUT2D eigenvalue weighted by Crippen LogP contribution is 2.39. The molecule has 1 fully saturated rings. The highest BCUT2D eigenvalue weighted by Gasteiger charge is 2.38. The number of rotatable bonds is 6. The van der Waals surface area contributed by atoms with Gasteiger partial charge in [0.25, 0.3) is 5.91 Å². The second kappa shape index (κ2) is 9.98. The summed E-state index contributed by atoms with van der Waals surface area (Å²) >= 11 is 0. The Hall–Kier alpha value is -3.52. The van der Waals surface area contributed by atoms with Gasteiger partial charge in [-0.05, 0) is 17.5 Å². The van der Waals surface area contributed by atoms with Crippen LogP contribution in [0.25, 0.3) is 16.8 Å². The monoisotopic (exact) mass is 539 g/mol. The Morgan fingerprint density at radius 3 is 2.61 bits per heavy atom. The number of β-amino-alcohol motifs (C(OH)–C–C–N with tert-alkyl or cyclic N) is 1. The van der Waals surface area contributed by atoms with Crippen LogP contribution in [0.4, 0.5) is 23.4 Å².